The van der Waals surface area contributed by atoms with Crippen LogP contribution in [0.3, 0.4) is 0 Å². The van der Waals surface area contributed by atoms with Crippen LogP contribution in [0.15, 0.2) is 22.8 Å². The van der Waals surface area contributed by atoms with Gasteiger partial charge in [-0.1, -0.05) is 0 Å². The fourth-order valence-corrected chi connectivity index (χ4v) is 2.21. The molecule has 4 heteroatoms. The van der Waals surface area contributed by atoms with Crippen molar-refractivity contribution in [3.8, 4) is 0 Å². The van der Waals surface area contributed by atoms with E-state index in [2.05, 4.69) is 5.32 Å². The minimum absolute atomic E-state index is 0.216. The lowest BCUT2D eigenvalue weighted by Gasteiger charge is -2.24. The minimum Gasteiger partial charge on any atom is -0.467 e. The van der Waals surface area contributed by atoms with Crippen molar-refractivity contribution in [3.05, 3.63) is 24.2 Å². The van der Waals surface area contributed by atoms with Gasteiger partial charge in [0.25, 0.3) is 0 Å². The molecule has 1 saturated heterocycles. The standard InChI is InChI=1S/C13H20N2O2/c1-15(10-12-3-2-8-17-12)13(16)9-11-4-6-14-7-5-11/h2-3,8,11,14H,4-7,9-10H2,1H3. The lowest BCUT2D eigenvalue weighted by Crippen LogP contribution is -2.33. The number of nitrogens with one attached hydrogen (secondary N) is 1. The lowest BCUT2D eigenvalue weighted by atomic mass is 9.94. The van der Waals surface area contributed by atoms with Crippen molar-refractivity contribution < 1.29 is 9.21 Å². The van der Waals surface area contributed by atoms with Gasteiger partial charge in [-0.2, -0.15) is 0 Å². The van der Waals surface area contributed by atoms with Gasteiger partial charge in [-0.3, -0.25) is 4.79 Å². The molecule has 1 aromatic heterocycles. The molecule has 0 spiro atoms. The number of nitrogens with zero attached hydrogens (tertiary/aromatic N) is 1. The van der Waals surface area contributed by atoms with Gasteiger partial charge in [0.1, 0.15) is 5.76 Å². The Morgan fingerprint density at radius 3 is 2.94 bits per heavy atom. The molecule has 0 atom stereocenters. The third kappa shape index (κ3) is 3.60. The lowest BCUT2D eigenvalue weighted by molar-refractivity contribution is -0.131. The Hall–Kier alpha value is -1.29. The van der Waals surface area contributed by atoms with E-state index in [1.165, 1.54) is 0 Å². The first kappa shape index (κ1) is 12.2. The summed E-state index contributed by atoms with van der Waals surface area (Å²) in [5, 5.41) is 3.31. The summed E-state index contributed by atoms with van der Waals surface area (Å²) in [5.74, 6) is 1.60. The topological polar surface area (TPSA) is 45.5 Å². The third-order valence-corrected chi connectivity index (χ3v) is 3.32. The molecule has 0 unspecified atom stereocenters. The summed E-state index contributed by atoms with van der Waals surface area (Å²) in [6.45, 7) is 2.65. The number of carbonyl (C=O) groups is 1. The fraction of sp³-hybridized carbons (Fsp3) is 0.615. The average Bonchev–Trinajstić information content (AvgIpc) is 2.83. The summed E-state index contributed by atoms with van der Waals surface area (Å²) >= 11 is 0. The summed E-state index contributed by atoms with van der Waals surface area (Å²) in [7, 11) is 1.84. The second-order valence-corrected chi connectivity index (χ2v) is 4.73. The largest absolute Gasteiger partial charge is 0.467 e. The Labute approximate surface area is 102 Å². The van der Waals surface area contributed by atoms with Crippen LogP contribution < -0.4 is 5.32 Å². The molecule has 1 amide bonds. The number of piperidine rings is 1. The summed E-state index contributed by atoms with van der Waals surface area (Å²) in [4.78, 5) is 13.8. The Kier molecular flexibility index (Phi) is 4.20. The molecule has 1 aliphatic rings. The van der Waals surface area contributed by atoms with Gasteiger partial charge in [-0.15, -0.1) is 0 Å². The van der Waals surface area contributed by atoms with Crippen LogP contribution in [0.25, 0.3) is 0 Å². The summed E-state index contributed by atoms with van der Waals surface area (Å²) < 4.78 is 5.24. The molecule has 1 fully saturated rings. The van der Waals surface area contributed by atoms with E-state index < -0.39 is 0 Å². The predicted molar refractivity (Wildman–Crippen MR) is 65.4 cm³/mol. The number of hydrogen-bond acceptors (Lipinski definition) is 3. The molecule has 2 rings (SSSR count). The van der Waals surface area contributed by atoms with E-state index >= 15 is 0 Å². The molecular weight excluding hydrogens is 216 g/mol. The zero-order valence-corrected chi connectivity index (χ0v) is 10.3. The molecule has 0 bridgehead atoms. The van der Waals surface area contributed by atoms with Crippen molar-refractivity contribution in [3.63, 3.8) is 0 Å². The SMILES string of the molecule is CN(Cc1ccco1)C(=O)CC1CCNCC1. The molecule has 0 saturated carbocycles. The highest BCUT2D eigenvalue weighted by molar-refractivity contribution is 5.76. The number of furan rings is 1. The highest BCUT2D eigenvalue weighted by Crippen LogP contribution is 2.17. The van der Waals surface area contributed by atoms with Crippen LogP contribution in [0.4, 0.5) is 0 Å². The first-order valence-electron chi connectivity index (χ1n) is 6.23. The molecule has 0 aromatic carbocycles. The third-order valence-electron chi connectivity index (χ3n) is 3.32. The van der Waals surface area contributed by atoms with Crippen molar-refractivity contribution in [1.82, 2.24) is 10.2 Å². The quantitative estimate of drug-likeness (QED) is 0.864. The monoisotopic (exact) mass is 236 g/mol. The van der Waals surface area contributed by atoms with Gasteiger partial charge >= 0.3 is 0 Å². The molecule has 0 radical (unpaired) electrons. The Bertz CT molecular complexity index is 342. The van der Waals surface area contributed by atoms with E-state index in [9.17, 15) is 4.79 Å². The molecule has 94 valence electrons. The van der Waals surface area contributed by atoms with E-state index in [0.717, 1.165) is 31.7 Å². The van der Waals surface area contributed by atoms with Crippen molar-refractivity contribution in [2.45, 2.75) is 25.8 Å². The van der Waals surface area contributed by atoms with Gasteiger partial charge in [0.05, 0.1) is 12.8 Å². The first-order valence-corrected chi connectivity index (χ1v) is 6.23. The molecule has 0 aliphatic carbocycles. The van der Waals surface area contributed by atoms with Crippen LogP contribution in [0, 0.1) is 5.92 Å². The molecule has 17 heavy (non-hydrogen) atoms. The predicted octanol–water partition coefficient (Wildman–Crippen LogP) is 1.63. The van der Waals surface area contributed by atoms with Crippen LogP contribution in [-0.2, 0) is 11.3 Å². The van der Waals surface area contributed by atoms with E-state index in [-0.39, 0.29) is 5.91 Å². The summed E-state index contributed by atoms with van der Waals surface area (Å²) in [5.41, 5.74) is 0. The summed E-state index contributed by atoms with van der Waals surface area (Å²) in [6, 6.07) is 3.74. The maximum atomic E-state index is 12.0. The molecule has 1 N–H and O–H groups in total. The van der Waals surface area contributed by atoms with E-state index in [0.29, 0.717) is 18.9 Å². The average molecular weight is 236 g/mol. The van der Waals surface area contributed by atoms with Crippen molar-refractivity contribution >= 4 is 5.91 Å². The van der Waals surface area contributed by atoms with Crippen molar-refractivity contribution in [2.75, 3.05) is 20.1 Å². The molecule has 1 aliphatic heterocycles. The minimum atomic E-state index is 0.216. The molecule has 1 aromatic rings. The Morgan fingerprint density at radius 2 is 2.29 bits per heavy atom. The second kappa shape index (κ2) is 5.87. The van der Waals surface area contributed by atoms with Gasteiger partial charge in [0.15, 0.2) is 0 Å². The zero-order valence-electron chi connectivity index (χ0n) is 10.3. The summed E-state index contributed by atoms with van der Waals surface area (Å²) in [6.07, 6.45) is 4.53. The maximum absolute atomic E-state index is 12.0. The smallest absolute Gasteiger partial charge is 0.222 e. The van der Waals surface area contributed by atoms with Crippen LogP contribution in [0.5, 0.6) is 0 Å². The number of carbonyl (C=O) groups excluding carboxylic acids is 1. The Morgan fingerprint density at radius 1 is 1.53 bits per heavy atom. The van der Waals surface area contributed by atoms with E-state index in [1.54, 1.807) is 11.2 Å². The number of hydrogen-bond donors (Lipinski definition) is 1. The van der Waals surface area contributed by atoms with Crippen LogP contribution >= 0.6 is 0 Å². The first-order chi connectivity index (χ1) is 8.25. The van der Waals surface area contributed by atoms with Gasteiger partial charge in [0, 0.05) is 13.5 Å². The van der Waals surface area contributed by atoms with E-state index in [1.807, 2.05) is 19.2 Å². The normalized spacial score (nSPS) is 17.0. The van der Waals surface area contributed by atoms with E-state index in [4.69, 9.17) is 4.42 Å². The van der Waals surface area contributed by atoms with Crippen LogP contribution in [0.1, 0.15) is 25.0 Å². The zero-order chi connectivity index (χ0) is 12.1. The molecule has 4 nitrogen and oxygen atoms in total. The van der Waals surface area contributed by atoms with Crippen molar-refractivity contribution in [2.24, 2.45) is 5.92 Å². The molecule has 2 heterocycles. The van der Waals surface area contributed by atoms with Gasteiger partial charge in [-0.05, 0) is 44.0 Å². The maximum Gasteiger partial charge on any atom is 0.222 e. The number of amides is 1. The highest BCUT2D eigenvalue weighted by Gasteiger charge is 2.19. The Balaban J connectivity index is 1.78. The second-order valence-electron chi connectivity index (χ2n) is 4.73. The van der Waals surface area contributed by atoms with Gasteiger partial charge < -0.3 is 14.6 Å². The fourth-order valence-electron chi connectivity index (χ4n) is 2.21. The number of rotatable bonds is 4. The van der Waals surface area contributed by atoms with Crippen LogP contribution in [-0.4, -0.2) is 30.9 Å². The van der Waals surface area contributed by atoms with Gasteiger partial charge in [0.2, 0.25) is 5.91 Å². The van der Waals surface area contributed by atoms with Gasteiger partial charge in [-0.25, -0.2) is 0 Å². The van der Waals surface area contributed by atoms with Crippen LogP contribution in [0.2, 0.25) is 0 Å². The van der Waals surface area contributed by atoms with Crippen molar-refractivity contribution in [1.29, 1.82) is 0 Å². The highest BCUT2D eigenvalue weighted by atomic mass is 16.3. The molecular formula is C13H20N2O2.